The zero-order valence-corrected chi connectivity index (χ0v) is 10.1. The first-order chi connectivity index (χ1) is 8.15. The van der Waals surface area contributed by atoms with Crippen molar-refractivity contribution in [1.29, 1.82) is 0 Å². The van der Waals surface area contributed by atoms with Gasteiger partial charge in [-0.15, -0.1) is 0 Å². The van der Waals surface area contributed by atoms with Crippen LogP contribution in [-0.4, -0.2) is 60.8 Å². The molecule has 0 spiro atoms. The number of amides is 1. The molecule has 1 unspecified atom stereocenters. The monoisotopic (exact) mass is 244 g/mol. The molecular weight excluding hydrogens is 224 g/mol. The Labute approximate surface area is 101 Å². The fraction of sp³-hybridized carbons (Fsp3) is 0.818. The highest BCUT2D eigenvalue weighted by atomic mass is 16.5. The third-order valence-corrected chi connectivity index (χ3v) is 2.74. The predicted octanol–water partition coefficient (Wildman–Crippen LogP) is -0.312. The van der Waals surface area contributed by atoms with Crippen molar-refractivity contribution in [3.8, 4) is 0 Å². The van der Waals surface area contributed by atoms with Gasteiger partial charge in [0.25, 0.3) is 0 Å². The lowest BCUT2D eigenvalue weighted by Crippen LogP contribution is -2.47. The first kappa shape index (κ1) is 13.9. The average Bonchev–Trinajstić information content (AvgIpc) is 2.34. The highest BCUT2D eigenvalue weighted by Gasteiger charge is 2.20. The second kappa shape index (κ2) is 7.24. The van der Waals surface area contributed by atoms with Gasteiger partial charge in [0, 0.05) is 13.1 Å². The van der Waals surface area contributed by atoms with Gasteiger partial charge in [0.2, 0.25) is 5.91 Å². The predicted molar refractivity (Wildman–Crippen MR) is 61.7 cm³/mol. The normalized spacial score (nSPS) is 17.8. The Morgan fingerprint density at radius 1 is 1.41 bits per heavy atom. The third kappa shape index (κ3) is 4.70. The van der Waals surface area contributed by atoms with Crippen molar-refractivity contribution in [2.45, 2.75) is 25.8 Å². The van der Waals surface area contributed by atoms with Crippen LogP contribution in [0.1, 0.15) is 19.8 Å². The number of carboxylic acids is 1. The number of ether oxygens (including phenoxy) is 1. The second-order valence-corrected chi connectivity index (χ2v) is 4.05. The molecule has 0 aromatic heterocycles. The van der Waals surface area contributed by atoms with E-state index in [0.29, 0.717) is 32.7 Å². The number of nitrogens with one attached hydrogen (secondary N) is 1. The number of nitrogens with zero attached hydrogens (tertiary/aromatic N) is 1. The molecule has 0 aromatic carbocycles. The van der Waals surface area contributed by atoms with E-state index in [2.05, 4.69) is 5.32 Å². The number of carbonyl (C=O) groups excluding carboxylic acids is 1. The quantitative estimate of drug-likeness (QED) is 0.670. The van der Waals surface area contributed by atoms with E-state index in [9.17, 15) is 9.59 Å². The van der Waals surface area contributed by atoms with Gasteiger partial charge in [0.1, 0.15) is 6.04 Å². The number of hydrogen-bond acceptors (Lipinski definition) is 4. The minimum Gasteiger partial charge on any atom is -0.480 e. The molecular formula is C11H20N2O4. The topological polar surface area (TPSA) is 78.9 Å². The number of aliphatic carboxylic acids is 1. The molecule has 1 fully saturated rings. The zero-order chi connectivity index (χ0) is 12.7. The van der Waals surface area contributed by atoms with Crippen LogP contribution in [0.5, 0.6) is 0 Å². The van der Waals surface area contributed by atoms with Gasteiger partial charge in [-0.3, -0.25) is 14.9 Å². The van der Waals surface area contributed by atoms with Crippen LogP contribution in [0, 0.1) is 0 Å². The second-order valence-electron chi connectivity index (χ2n) is 4.05. The van der Waals surface area contributed by atoms with E-state index in [4.69, 9.17) is 9.84 Å². The summed E-state index contributed by atoms with van der Waals surface area (Å²) in [5.74, 6) is -0.961. The van der Waals surface area contributed by atoms with E-state index in [1.807, 2.05) is 6.92 Å². The molecule has 1 rings (SSSR count). The maximum absolute atomic E-state index is 11.7. The summed E-state index contributed by atoms with van der Waals surface area (Å²) in [4.78, 5) is 24.3. The summed E-state index contributed by atoms with van der Waals surface area (Å²) in [5.41, 5.74) is 0. The molecule has 1 heterocycles. The Kier molecular flexibility index (Phi) is 5.93. The lowest BCUT2D eigenvalue weighted by atomic mass is 10.1. The van der Waals surface area contributed by atoms with Gasteiger partial charge in [-0.05, 0) is 6.42 Å². The van der Waals surface area contributed by atoms with Crippen molar-refractivity contribution >= 4 is 11.9 Å². The number of morpholine rings is 1. The third-order valence-electron chi connectivity index (χ3n) is 2.74. The van der Waals surface area contributed by atoms with Gasteiger partial charge in [-0.2, -0.15) is 0 Å². The molecule has 0 aliphatic carbocycles. The molecule has 1 aliphatic rings. The Balaban J connectivity index is 2.32. The molecule has 2 N–H and O–H groups in total. The summed E-state index contributed by atoms with van der Waals surface area (Å²) < 4.78 is 5.14. The molecule has 1 aliphatic heterocycles. The molecule has 1 atom stereocenters. The van der Waals surface area contributed by atoms with E-state index in [-0.39, 0.29) is 12.5 Å². The lowest BCUT2D eigenvalue weighted by Gasteiger charge is -2.27. The molecule has 1 amide bonds. The summed E-state index contributed by atoms with van der Waals surface area (Å²) in [5, 5.41) is 11.7. The van der Waals surface area contributed by atoms with E-state index in [0.717, 1.165) is 6.42 Å². The van der Waals surface area contributed by atoms with E-state index < -0.39 is 12.0 Å². The van der Waals surface area contributed by atoms with Crippen LogP contribution in [0.15, 0.2) is 0 Å². The highest BCUT2D eigenvalue weighted by Crippen LogP contribution is 1.99. The smallest absolute Gasteiger partial charge is 0.320 e. The average molecular weight is 244 g/mol. The van der Waals surface area contributed by atoms with Crippen molar-refractivity contribution < 1.29 is 19.4 Å². The number of hydrogen-bond donors (Lipinski definition) is 2. The summed E-state index contributed by atoms with van der Waals surface area (Å²) in [6.45, 7) is 4.29. The van der Waals surface area contributed by atoms with Crippen molar-refractivity contribution in [3.05, 3.63) is 0 Å². The van der Waals surface area contributed by atoms with E-state index in [1.165, 1.54) is 0 Å². The van der Waals surface area contributed by atoms with Gasteiger partial charge in [-0.25, -0.2) is 0 Å². The summed E-state index contributed by atoms with van der Waals surface area (Å²) >= 11 is 0. The van der Waals surface area contributed by atoms with Crippen molar-refractivity contribution in [3.63, 3.8) is 0 Å². The SMILES string of the molecule is CCCC(NCC(=O)N1CCOCC1)C(=O)O. The largest absolute Gasteiger partial charge is 0.480 e. The van der Waals surface area contributed by atoms with Gasteiger partial charge in [-0.1, -0.05) is 13.3 Å². The molecule has 6 heteroatoms. The maximum atomic E-state index is 11.7. The standard InChI is InChI=1S/C11H20N2O4/c1-2-3-9(11(15)16)12-8-10(14)13-4-6-17-7-5-13/h9,12H,2-8H2,1H3,(H,15,16). The molecule has 0 radical (unpaired) electrons. The first-order valence-electron chi connectivity index (χ1n) is 5.97. The van der Waals surface area contributed by atoms with Gasteiger partial charge < -0.3 is 14.7 Å². The maximum Gasteiger partial charge on any atom is 0.320 e. The number of rotatable bonds is 6. The van der Waals surface area contributed by atoms with Crippen LogP contribution < -0.4 is 5.32 Å². The molecule has 1 saturated heterocycles. The summed E-state index contributed by atoms with van der Waals surface area (Å²) in [6, 6.07) is -0.634. The highest BCUT2D eigenvalue weighted by molar-refractivity contribution is 5.80. The molecule has 0 aromatic rings. The fourth-order valence-electron chi connectivity index (χ4n) is 1.74. The lowest BCUT2D eigenvalue weighted by molar-refractivity contribution is -0.140. The Morgan fingerprint density at radius 2 is 2.06 bits per heavy atom. The fourth-order valence-corrected chi connectivity index (χ4v) is 1.74. The number of carbonyl (C=O) groups is 2. The van der Waals surface area contributed by atoms with Crippen molar-refractivity contribution in [2.75, 3.05) is 32.8 Å². The van der Waals surface area contributed by atoms with Crippen LogP contribution in [0.25, 0.3) is 0 Å². The van der Waals surface area contributed by atoms with Crippen molar-refractivity contribution in [2.24, 2.45) is 0 Å². The Hall–Kier alpha value is -1.14. The number of carboxylic acid groups (broad SMARTS) is 1. The molecule has 17 heavy (non-hydrogen) atoms. The summed E-state index contributed by atoms with van der Waals surface area (Å²) in [7, 11) is 0. The van der Waals surface area contributed by atoms with E-state index in [1.54, 1.807) is 4.90 Å². The minimum atomic E-state index is -0.901. The first-order valence-corrected chi connectivity index (χ1v) is 5.97. The van der Waals surface area contributed by atoms with Crippen LogP contribution in [-0.2, 0) is 14.3 Å². The van der Waals surface area contributed by atoms with Crippen molar-refractivity contribution in [1.82, 2.24) is 10.2 Å². The molecule has 0 saturated carbocycles. The molecule has 98 valence electrons. The Morgan fingerprint density at radius 3 is 2.59 bits per heavy atom. The van der Waals surface area contributed by atoms with Crippen LogP contribution in [0.3, 0.4) is 0 Å². The Bertz CT molecular complexity index is 264. The van der Waals surface area contributed by atoms with Gasteiger partial charge in [0.15, 0.2) is 0 Å². The van der Waals surface area contributed by atoms with Crippen LogP contribution in [0.2, 0.25) is 0 Å². The van der Waals surface area contributed by atoms with Crippen LogP contribution >= 0.6 is 0 Å². The minimum absolute atomic E-state index is 0.0596. The van der Waals surface area contributed by atoms with E-state index >= 15 is 0 Å². The summed E-state index contributed by atoms with van der Waals surface area (Å²) in [6.07, 6.45) is 1.31. The zero-order valence-electron chi connectivity index (χ0n) is 10.1. The van der Waals surface area contributed by atoms with Gasteiger partial charge in [0.05, 0.1) is 19.8 Å². The van der Waals surface area contributed by atoms with Crippen LogP contribution in [0.4, 0.5) is 0 Å². The van der Waals surface area contributed by atoms with Gasteiger partial charge >= 0.3 is 5.97 Å². The molecule has 6 nitrogen and oxygen atoms in total. The molecule has 0 bridgehead atoms.